The lowest BCUT2D eigenvalue weighted by Crippen LogP contribution is -2.52. The summed E-state index contributed by atoms with van der Waals surface area (Å²) in [6, 6.07) is 14.7. The van der Waals surface area contributed by atoms with Crippen molar-refractivity contribution in [2.45, 2.75) is 45.8 Å². The summed E-state index contributed by atoms with van der Waals surface area (Å²) in [5.74, 6) is -0.789. The number of carbonyl (C=O) groups excluding carboxylic acids is 2. The van der Waals surface area contributed by atoms with Crippen LogP contribution in [0, 0.1) is 0 Å². The van der Waals surface area contributed by atoms with Crippen LogP contribution >= 0.6 is 11.6 Å². The molecule has 9 heteroatoms. The van der Waals surface area contributed by atoms with Gasteiger partial charge in [-0.25, -0.2) is 8.42 Å². The molecule has 0 heterocycles. The largest absolute Gasteiger partial charge is 0.352 e. The summed E-state index contributed by atoms with van der Waals surface area (Å²) < 4.78 is 26.0. The zero-order chi connectivity index (χ0) is 23.9. The van der Waals surface area contributed by atoms with E-state index in [1.54, 1.807) is 25.1 Å². The van der Waals surface area contributed by atoms with Crippen LogP contribution in [0.2, 0.25) is 5.02 Å². The number of sulfonamides is 1. The van der Waals surface area contributed by atoms with Gasteiger partial charge in [0.2, 0.25) is 21.8 Å². The van der Waals surface area contributed by atoms with Gasteiger partial charge in [0.15, 0.2) is 0 Å². The molecule has 0 bridgehead atoms. The monoisotopic (exact) mass is 479 g/mol. The topological polar surface area (TPSA) is 86.8 Å². The third kappa shape index (κ3) is 7.24. The van der Waals surface area contributed by atoms with Crippen LogP contribution in [-0.2, 0) is 26.2 Å². The molecule has 2 aromatic rings. The SMILES string of the molecule is CC[C@H](C)NC(=O)[C@H](C)N(Cc1ccccc1)C(=O)CN(c1cccc(Cl)c1)S(C)(=O)=O. The summed E-state index contributed by atoms with van der Waals surface area (Å²) in [5.41, 5.74) is 1.11. The Bertz CT molecular complexity index is 1030. The fourth-order valence-corrected chi connectivity index (χ4v) is 4.10. The number of nitrogens with zero attached hydrogens (tertiary/aromatic N) is 2. The van der Waals surface area contributed by atoms with Crippen molar-refractivity contribution in [1.82, 2.24) is 10.2 Å². The highest BCUT2D eigenvalue weighted by molar-refractivity contribution is 7.92. The van der Waals surface area contributed by atoms with E-state index < -0.39 is 28.5 Å². The van der Waals surface area contributed by atoms with E-state index in [-0.39, 0.29) is 24.2 Å². The van der Waals surface area contributed by atoms with Crippen LogP contribution in [0.3, 0.4) is 0 Å². The molecule has 0 aliphatic carbocycles. The highest BCUT2D eigenvalue weighted by atomic mass is 35.5. The van der Waals surface area contributed by atoms with Crippen LogP contribution in [0.1, 0.15) is 32.8 Å². The quantitative estimate of drug-likeness (QED) is 0.565. The second-order valence-electron chi connectivity index (χ2n) is 7.75. The van der Waals surface area contributed by atoms with Crippen LogP contribution in [0.25, 0.3) is 0 Å². The predicted molar refractivity (Wildman–Crippen MR) is 128 cm³/mol. The van der Waals surface area contributed by atoms with Crippen molar-refractivity contribution in [2.24, 2.45) is 0 Å². The number of hydrogen-bond acceptors (Lipinski definition) is 4. The Labute approximate surface area is 195 Å². The zero-order valence-electron chi connectivity index (χ0n) is 18.8. The van der Waals surface area contributed by atoms with E-state index in [9.17, 15) is 18.0 Å². The second-order valence-corrected chi connectivity index (χ2v) is 10.1. The number of halogens is 1. The number of rotatable bonds is 10. The van der Waals surface area contributed by atoms with Crippen molar-refractivity contribution < 1.29 is 18.0 Å². The molecule has 0 saturated carbocycles. The fourth-order valence-electron chi connectivity index (χ4n) is 3.07. The molecular formula is C23H30ClN3O4S. The van der Waals surface area contributed by atoms with Gasteiger partial charge >= 0.3 is 0 Å². The van der Waals surface area contributed by atoms with Gasteiger partial charge in [0.05, 0.1) is 11.9 Å². The van der Waals surface area contributed by atoms with Gasteiger partial charge in [0.25, 0.3) is 0 Å². The zero-order valence-corrected chi connectivity index (χ0v) is 20.4. The minimum atomic E-state index is -3.78. The smallest absolute Gasteiger partial charge is 0.244 e. The van der Waals surface area contributed by atoms with Gasteiger partial charge < -0.3 is 10.2 Å². The molecule has 0 unspecified atom stereocenters. The molecule has 32 heavy (non-hydrogen) atoms. The van der Waals surface area contributed by atoms with Crippen molar-refractivity contribution in [3.8, 4) is 0 Å². The molecule has 7 nitrogen and oxygen atoms in total. The minimum absolute atomic E-state index is 0.0439. The molecule has 2 aromatic carbocycles. The number of benzene rings is 2. The summed E-state index contributed by atoms with van der Waals surface area (Å²) in [5, 5.41) is 3.24. The predicted octanol–water partition coefficient (Wildman–Crippen LogP) is 3.44. The standard InChI is InChI=1S/C23H30ClN3O4S/c1-5-17(2)25-23(29)18(3)26(15-19-10-7-6-8-11-19)22(28)16-27(32(4,30)31)21-13-9-12-20(24)14-21/h6-14,17-18H,5,15-16H2,1-4H3,(H,25,29)/t17-,18-/m0/s1. The van der Waals surface area contributed by atoms with Crippen molar-refractivity contribution in [1.29, 1.82) is 0 Å². The summed E-state index contributed by atoms with van der Waals surface area (Å²) in [6.45, 7) is 5.20. The van der Waals surface area contributed by atoms with E-state index in [4.69, 9.17) is 11.6 Å². The Balaban J connectivity index is 2.35. The number of carbonyl (C=O) groups is 2. The van der Waals surface area contributed by atoms with Gasteiger partial charge in [-0.15, -0.1) is 0 Å². The first-order valence-corrected chi connectivity index (χ1v) is 12.6. The van der Waals surface area contributed by atoms with Crippen molar-refractivity contribution in [3.05, 3.63) is 65.2 Å². The molecule has 0 saturated heterocycles. The average molecular weight is 480 g/mol. The van der Waals surface area contributed by atoms with E-state index in [1.807, 2.05) is 44.2 Å². The third-order valence-electron chi connectivity index (χ3n) is 5.14. The molecule has 0 radical (unpaired) electrons. The average Bonchev–Trinajstić information content (AvgIpc) is 2.74. The summed E-state index contributed by atoms with van der Waals surface area (Å²) in [6.07, 6.45) is 1.78. The Morgan fingerprint density at radius 3 is 2.28 bits per heavy atom. The van der Waals surface area contributed by atoms with Crippen LogP contribution in [0.5, 0.6) is 0 Å². The lowest BCUT2D eigenvalue weighted by Gasteiger charge is -2.32. The maximum absolute atomic E-state index is 13.4. The lowest BCUT2D eigenvalue weighted by atomic mass is 10.1. The molecule has 0 fully saturated rings. The summed E-state index contributed by atoms with van der Waals surface area (Å²) in [4.78, 5) is 27.6. The third-order valence-corrected chi connectivity index (χ3v) is 6.52. The van der Waals surface area contributed by atoms with Gasteiger partial charge in [-0.1, -0.05) is 54.9 Å². The second kappa shape index (κ2) is 11.3. The molecular weight excluding hydrogens is 450 g/mol. The van der Waals surface area contributed by atoms with Crippen LogP contribution < -0.4 is 9.62 Å². The molecule has 2 amide bonds. The molecule has 2 atom stereocenters. The Morgan fingerprint density at radius 2 is 1.72 bits per heavy atom. The minimum Gasteiger partial charge on any atom is -0.352 e. The van der Waals surface area contributed by atoms with Crippen LogP contribution in [-0.4, -0.2) is 50.0 Å². The van der Waals surface area contributed by atoms with E-state index in [0.29, 0.717) is 5.02 Å². The van der Waals surface area contributed by atoms with Crippen LogP contribution in [0.4, 0.5) is 5.69 Å². The highest BCUT2D eigenvalue weighted by Gasteiger charge is 2.30. The van der Waals surface area contributed by atoms with E-state index in [1.165, 1.54) is 11.0 Å². The first-order chi connectivity index (χ1) is 15.0. The normalized spacial score (nSPS) is 13.2. The van der Waals surface area contributed by atoms with Gasteiger partial charge in [-0.2, -0.15) is 0 Å². The first-order valence-electron chi connectivity index (χ1n) is 10.4. The summed E-state index contributed by atoms with van der Waals surface area (Å²) in [7, 11) is -3.78. The number of nitrogens with one attached hydrogen (secondary N) is 1. The molecule has 1 N–H and O–H groups in total. The van der Waals surface area contributed by atoms with Gasteiger partial charge in [0.1, 0.15) is 12.6 Å². The Hall–Kier alpha value is -2.58. The molecule has 0 spiro atoms. The molecule has 0 aromatic heterocycles. The van der Waals surface area contributed by atoms with E-state index in [2.05, 4.69) is 5.32 Å². The first kappa shape index (κ1) is 25.7. The molecule has 2 rings (SSSR count). The highest BCUT2D eigenvalue weighted by Crippen LogP contribution is 2.22. The van der Waals surface area contributed by atoms with Gasteiger partial charge in [-0.3, -0.25) is 13.9 Å². The fraction of sp³-hybridized carbons (Fsp3) is 0.391. The van der Waals surface area contributed by atoms with Crippen molar-refractivity contribution >= 4 is 39.1 Å². The Morgan fingerprint density at radius 1 is 1.06 bits per heavy atom. The Kier molecular flexibility index (Phi) is 9.09. The maximum Gasteiger partial charge on any atom is 0.244 e. The number of amides is 2. The lowest BCUT2D eigenvalue weighted by molar-refractivity contribution is -0.139. The molecule has 0 aliphatic rings. The van der Waals surface area contributed by atoms with Gasteiger partial charge in [-0.05, 0) is 44.0 Å². The molecule has 0 aliphatic heterocycles. The number of hydrogen-bond donors (Lipinski definition) is 1. The van der Waals surface area contributed by atoms with Crippen molar-refractivity contribution in [3.63, 3.8) is 0 Å². The van der Waals surface area contributed by atoms with E-state index >= 15 is 0 Å². The van der Waals surface area contributed by atoms with Gasteiger partial charge in [0, 0.05) is 17.6 Å². The van der Waals surface area contributed by atoms with Crippen molar-refractivity contribution in [2.75, 3.05) is 17.1 Å². The number of anilines is 1. The van der Waals surface area contributed by atoms with Crippen LogP contribution in [0.15, 0.2) is 54.6 Å². The summed E-state index contributed by atoms with van der Waals surface area (Å²) >= 11 is 6.03. The maximum atomic E-state index is 13.4. The molecule has 174 valence electrons. The van der Waals surface area contributed by atoms with E-state index in [0.717, 1.165) is 22.5 Å².